The molecule has 33 heavy (non-hydrogen) atoms. The molecular weight excluding hydrogens is 416 g/mol. The first-order valence-electron chi connectivity index (χ1n) is 11.0. The Morgan fingerprint density at radius 1 is 1.00 bits per heavy atom. The molecule has 0 aromatic heterocycles. The van der Waals surface area contributed by atoms with Crippen LogP contribution < -0.4 is 15.0 Å². The fourth-order valence-electron chi connectivity index (χ4n) is 3.94. The van der Waals surface area contributed by atoms with Crippen LogP contribution in [0.15, 0.2) is 60.2 Å². The lowest BCUT2D eigenvalue weighted by molar-refractivity contribution is -0.122. The zero-order valence-corrected chi connectivity index (χ0v) is 19.1. The molecule has 0 unspecified atom stereocenters. The molecule has 3 aromatic rings. The van der Waals surface area contributed by atoms with Crippen LogP contribution in [0, 0.1) is 13.8 Å². The fourth-order valence-corrected chi connectivity index (χ4v) is 3.94. The number of imide groups is 2. The van der Waals surface area contributed by atoms with Gasteiger partial charge in [-0.25, -0.2) is 9.69 Å². The number of aryl methyl sites for hydroxylation is 2. The maximum atomic E-state index is 13.4. The van der Waals surface area contributed by atoms with Crippen molar-refractivity contribution >= 4 is 40.4 Å². The lowest BCUT2D eigenvalue weighted by Crippen LogP contribution is -2.54. The van der Waals surface area contributed by atoms with E-state index in [1.165, 1.54) is 6.08 Å². The van der Waals surface area contributed by atoms with Crippen molar-refractivity contribution in [2.75, 3.05) is 4.90 Å². The lowest BCUT2D eigenvalue weighted by atomic mass is 9.99. The van der Waals surface area contributed by atoms with Gasteiger partial charge in [0.2, 0.25) is 0 Å². The SMILES string of the molecule is CC[C@@H](C)Oc1ccc2ccccc2c1/C=C1\C(=O)NC(=O)N(c2cc(C)cc(C)c2)C1=O. The van der Waals surface area contributed by atoms with Crippen molar-refractivity contribution in [3.05, 3.63) is 76.9 Å². The number of nitrogens with zero attached hydrogens (tertiary/aromatic N) is 1. The van der Waals surface area contributed by atoms with Crippen LogP contribution in [-0.4, -0.2) is 23.9 Å². The van der Waals surface area contributed by atoms with Gasteiger partial charge in [-0.3, -0.25) is 14.9 Å². The van der Waals surface area contributed by atoms with Gasteiger partial charge in [0.05, 0.1) is 11.8 Å². The van der Waals surface area contributed by atoms with Gasteiger partial charge in [0.1, 0.15) is 11.3 Å². The molecule has 6 heteroatoms. The topological polar surface area (TPSA) is 75.7 Å². The van der Waals surface area contributed by atoms with Crippen LogP contribution in [0.4, 0.5) is 10.5 Å². The molecule has 4 amide bonds. The average Bonchev–Trinajstić information content (AvgIpc) is 2.76. The minimum atomic E-state index is -0.763. The van der Waals surface area contributed by atoms with Gasteiger partial charge in [0, 0.05) is 5.56 Å². The summed E-state index contributed by atoms with van der Waals surface area (Å²) in [5.74, 6) is -0.824. The number of carbonyl (C=O) groups is 3. The van der Waals surface area contributed by atoms with Gasteiger partial charge >= 0.3 is 6.03 Å². The van der Waals surface area contributed by atoms with E-state index >= 15 is 0 Å². The number of amides is 4. The molecular formula is C27H26N2O4. The van der Waals surface area contributed by atoms with E-state index in [2.05, 4.69) is 5.32 Å². The van der Waals surface area contributed by atoms with Crippen LogP contribution in [-0.2, 0) is 9.59 Å². The quantitative estimate of drug-likeness (QED) is 0.430. The third-order valence-electron chi connectivity index (χ3n) is 5.69. The van der Waals surface area contributed by atoms with Crippen molar-refractivity contribution in [1.29, 1.82) is 0 Å². The van der Waals surface area contributed by atoms with E-state index in [1.807, 2.05) is 70.2 Å². The molecule has 1 aliphatic rings. The highest BCUT2D eigenvalue weighted by molar-refractivity contribution is 6.39. The molecule has 168 valence electrons. The number of hydrogen-bond acceptors (Lipinski definition) is 4. The Hall–Kier alpha value is -3.93. The third-order valence-corrected chi connectivity index (χ3v) is 5.69. The summed E-state index contributed by atoms with van der Waals surface area (Å²) >= 11 is 0. The molecule has 1 N–H and O–H groups in total. The van der Waals surface area contributed by atoms with Gasteiger partial charge in [-0.05, 0) is 73.4 Å². The number of anilines is 1. The second-order valence-electron chi connectivity index (χ2n) is 8.34. The standard InChI is InChI=1S/C27H26N2O4/c1-5-18(4)33-24-11-10-19-8-6-7-9-21(19)22(24)15-23-25(30)28-27(32)29(26(23)31)20-13-16(2)12-17(3)14-20/h6-15,18H,5H2,1-4H3,(H,28,30,32)/b23-15+/t18-/m1/s1. The van der Waals surface area contributed by atoms with Crippen LogP contribution in [0.2, 0.25) is 0 Å². The minimum Gasteiger partial charge on any atom is -0.490 e. The van der Waals surface area contributed by atoms with Gasteiger partial charge < -0.3 is 4.74 Å². The van der Waals surface area contributed by atoms with Gasteiger partial charge in [-0.1, -0.05) is 43.3 Å². The van der Waals surface area contributed by atoms with E-state index < -0.39 is 17.8 Å². The summed E-state index contributed by atoms with van der Waals surface area (Å²) in [5.41, 5.74) is 2.74. The van der Waals surface area contributed by atoms with Crippen LogP contribution >= 0.6 is 0 Å². The van der Waals surface area contributed by atoms with Crippen LogP contribution in [0.3, 0.4) is 0 Å². The van der Waals surface area contributed by atoms with Crippen molar-refractivity contribution in [2.24, 2.45) is 0 Å². The van der Waals surface area contributed by atoms with E-state index in [1.54, 1.807) is 12.1 Å². The largest absolute Gasteiger partial charge is 0.490 e. The minimum absolute atomic E-state index is 0.0486. The molecule has 1 heterocycles. The van der Waals surface area contributed by atoms with Gasteiger partial charge in [-0.2, -0.15) is 0 Å². The van der Waals surface area contributed by atoms with Crippen molar-refractivity contribution in [3.8, 4) is 5.75 Å². The number of ether oxygens (including phenoxy) is 1. The zero-order chi connectivity index (χ0) is 23.7. The number of barbiturate groups is 1. The average molecular weight is 443 g/mol. The predicted molar refractivity (Wildman–Crippen MR) is 129 cm³/mol. The molecule has 0 spiro atoms. The molecule has 1 atom stereocenters. The number of urea groups is 1. The molecule has 1 aliphatic heterocycles. The Morgan fingerprint density at radius 2 is 1.70 bits per heavy atom. The molecule has 3 aromatic carbocycles. The molecule has 0 bridgehead atoms. The van der Waals surface area contributed by atoms with Gasteiger partial charge in [0.15, 0.2) is 0 Å². The van der Waals surface area contributed by atoms with Gasteiger partial charge in [-0.15, -0.1) is 0 Å². The number of fused-ring (bicyclic) bond motifs is 1. The summed E-state index contributed by atoms with van der Waals surface area (Å²) in [4.78, 5) is 39.8. The number of hydrogen-bond donors (Lipinski definition) is 1. The maximum Gasteiger partial charge on any atom is 0.335 e. The van der Waals surface area contributed by atoms with Crippen molar-refractivity contribution in [1.82, 2.24) is 5.32 Å². The van der Waals surface area contributed by atoms with Crippen molar-refractivity contribution in [3.63, 3.8) is 0 Å². The number of carbonyl (C=O) groups excluding carboxylic acids is 3. The highest BCUT2D eigenvalue weighted by Crippen LogP contribution is 2.33. The molecule has 1 fully saturated rings. The first-order chi connectivity index (χ1) is 15.8. The Labute approximate surface area is 192 Å². The smallest absolute Gasteiger partial charge is 0.335 e. The summed E-state index contributed by atoms with van der Waals surface area (Å²) in [6, 6.07) is 16.2. The van der Waals surface area contributed by atoms with E-state index in [4.69, 9.17) is 4.74 Å². The predicted octanol–water partition coefficient (Wildman–Crippen LogP) is 5.30. The van der Waals surface area contributed by atoms with E-state index in [0.29, 0.717) is 17.0 Å². The summed E-state index contributed by atoms with van der Waals surface area (Å²) in [6.07, 6.45) is 2.28. The Kier molecular flexibility index (Phi) is 6.01. The molecule has 1 saturated heterocycles. The maximum absolute atomic E-state index is 13.4. The van der Waals surface area contributed by atoms with Crippen molar-refractivity contribution < 1.29 is 19.1 Å². The van der Waals surface area contributed by atoms with E-state index in [0.717, 1.165) is 33.2 Å². The van der Waals surface area contributed by atoms with Gasteiger partial charge in [0.25, 0.3) is 11.8 Å². The summed E-state index contributed by atoms with van der Waals surface area (Å²) < 4.78 is 6.11. The summed E-state index contributed by atoms with van der Waals surface area (Å²) in [5, 5.41) is 4.10. The lowest BCUT2D eigenvalue weighted by Gasteiger charge is -2.27. The van der Waals surface area contributed by atoms with Crippen LogP contribution in [0.25, 0.3) is 16.8 Å². The number of rotatable bonds is 5. The van der Waals surface area contributed by atoms with Crippen LogP contribution in [0.5, 0.6) is 5.75 Å². The fraction of sp³-hybridized carbons (Fsp3) is 0.222. The molecule has 0 aliphatic carbocycles. The highest BCUT2D eigenvalue weighted by Gasteiger charge is 2.37. The Morgan fingerprint density at radius 3 is 2.39 bits per heavy atom. The van der Waals surface area contributed by atoms with Crippen molar-refractivity contribution in [2.45, 2.75) is 40.2 Å². The molecule has 0 radical (unpaired) electrons. The number of benzene rings is 3. The summed E-state index contributed by atoms with van der Waals surface area (Å²) in [6.45, 7) is 7.76. The number of nitrogens with one attached hydrogen (secondary N) is 1. The highest BCUT2D eigenvalue weighted by atomic mass is 16.5. The second-order valence-corrected chi connectivity index (χ2v) is 8.34. The summed E-state index contributed by atoms with van der Waals surface area (Å²) in [7, 11) is 0. The normalized spacial score (nSPS) is 16.3. The first-order valence-corrected chi connectivity index (χ1v) is 11.0. The second kappa shape index (κ2) is 8.90. The van der Waals surface area contributed by atoms with E-state index in [-0.39, 0.29) is 11.7 Å². The zero-order valence-electron chi connectivity index (χ0n) is 19.1. The van der Waals surface area contributed by atoms with E-state index in [9.17, 15) is 14.4 Å². The Bertz CT molecular complexity index is 1290. The van der Waals surface area contributed by atoms with Crippen LogP contribution in [0.1, 0.15) is 37.0 Å². The first kappa shape index (κ1) is 22.3. The molecule has 4 rings (SSSR count). The molecule has 0 saturated carbocycles. The Balaban J connectivity index is 1.87. The molecule has 6 nitrogen and oxygen atoms in total. The third kappa shape index (κ3) is 4.37. The monoisotopic (exact) mass is 442 g/mol.